The SMILES string of the molecule is CN(C)C(=Nc1ncnc2c1CCSc1ccccc1-2)c1ccccc1. The second kappa shape index (κ2) is 7.30. The number of aromatic nitrogens is 2. The zero-order valence-electron chi connectivity index (χ0n) is 14.9. The Morgan fingerprint density at radius 2 is 1.77 bits per heavy atom. The molecular formula is C21H20N4S. The first-order valence-electron chi connectivity index (χ1n) is 8.61. The Morgan fingerprint density at radius 1 is 1.00 bits per heavy atom. The predicted octanol–water partition coefficient (Wildman–Crippen LogP) is 4.43. The Labute approximate surface area is 158 Å². The number of rotatable bonds is 2. The molecule has 3 aromatic rings. The number of thioether (sulfide) groups is 1. The molecule has 1 aliphatic rings. The van der Waals surface area contributed by atoms with Gasteiger partial charge < -0.3 is 4.90 Å². The van der Waals surface area contributed by atoms with E-state index in [0.717, 1.165) is 40.6 Å². The maximum Gasteiger partial charge on any atom is 0.161 e. The summed E-state index contributed by atoms with van der Waals surface area (Å²) >= 11 is 1.87. The number of benzene rings is 2. The Hall–Kier alpha value is -2.66. The molecule has 2 aromatic carbocycles. The maximum absolute atomic E-state index is 4.94. The van der Waals surface area contributed by atoms with Crippen LogP contribution in [0, 0.1) is 0 Å². The lowest BCUT2D eigenvalue weighted by atomic mass is 10.0. The Balaban J connectivity index is 1.87. The van der Waals surface area contributed by atoms with E-state index >= 15 is 0 Å². The Bertz CT molecular complexity index is 951. The lowest BCUT2D eigenvalue weighted by molar-refractivity contribution is 0.623. The molecule has 4 rings (SSSR count). The number of fused-ring (bicyclic) bond motifs is 3. The van der Waals surface area contributed by atoms with Gasteiger partial charge in [0.05, 0.1) is 5.69 Å². The minimum atomic E-state index is 0.764. The van der Waals surface area contributed by atoms with Crippen LogP contribution in [0.15, 0.2) is 70.8 Å². The van der Waals surface area contributed by atoms with E-state index in [-0.39, 0.29) is 0 Å². The zero-order valence-corrected chi connectivity index (χ0v) is 15.7. The van der Waals surface area contributed by atoms with E-state index in [1.54, 1.807) is 6.33 Å². The number of aliphatic imine (C=N–C) groups is 1. The van der Waals surface area contributed by atoms with Crippen molar-refractivity contribution in [1.82, 2.24) is 14.9 Å². The van der Waals surface area contributed by atoms with Crippen molar-refractivity contribution in [2.24, 2.45) is 4.99 Å². The fourth-order valence-electron chi connectivity index (χ4n) is 3.12. The van der Waals surface area contributed by atoms with Gasteiger partial charge in [-0.1, -0.05) is 48.5 Å². The molecule has 0 aliphatic carbocycles. The van der Waals surface area contributed by atoms with Crippen LogP contribution in [-0.4, -0.2) is 40.6 Å². The Kier molecular flexibility index (Phi) is 4.71. The monoisotopic (exact) mass is 360 g/mol. The largest absolute Gasteiger partial charge is 0.362 e. The van der Waals surface area contributed by atoms with Gasteiger partial charge in [-0.15, -0.1) is 11.8 Å². The van der Waals surface area contributed by atoms with Gasteiger partial charge in [-0.3, -0.25) is 0 Å². The lowest BCUT2D eigenvalue weighted by Gasteiger charge is -2.17. The van der Waals surface area contributed by atoms with Crippen LogP contribution in [0.1, 0.15) is 11.1 Å². The van der Waals surface area contributed by atoms with Crippen LogP contribution in [0.25, 0.3) is 11.3 Å². The highest BCUT2D eigenvalue weighted by Gasteiger charge is 2.20. The van der Waals surface area contributed by atoms with E-state index in [9.17, 15) is 0 Å². The van der Waals surface area contributed by atoms with Gasteiger partial charge in [0.1, 0.15) is 12.2 Å². The van der Waals surface area contributed by atoms with Crippen molar-refractivity contribution in [3.63, 3.8) is 0 Å². The summed E-state index contributed by atoms with van der Waals surface area (Å²) in [6.07, 6.45) is 2.53. The van der Waals surface area contributed by atoms with Crippen molar-refractivity contribution in [3.8, 4) is 11.3 Å². The molecule has 2 heterocycles. The van der Waals surface area contributed by atoms with E-state index < -0.39 is 0 Å². The van der Waals surface area contributed by atoms with Gasteiger partial charge in [0.15, 0.2) is 5.82 Å². The highest BCUT2D eigenvalue weighted by Crippen LogP contribution is 2.38. The van der Waals surface area contributed by atoms with Gasteiger partial charge in [0.2, 0.25) is 0 Å². The van der Waals surface area contributed by atoms with Crippen LogP contribution in [-0.2, 0) is 6.42 Å². The van der Waals surface area contributed by atoms with Gasteiger partial charge in [-0.25, -0.2) is 15.0 Å². The zero-order chi connectivity index (χ0) is 17.9. The summed E-state index contributed by atoms with van der Waals surface area (Å²) < 4.78 is 0. The average Bonchev–Trinajstić information content (AvgIpc) is 2.86. The minimum absolute atomic E-state index is 0.764. The van der Waals surface area contributed by atoms with Crippen LogP contribution < -0.4 is 0 Å². The molecule has 0 N–H and O–H groups in total. The third kappa shape index (κ3) is 3.22. The van der Waals surface area contributed by atoms with E-state index in [2.05, 4.69) is 46.4 Å². The fourth-order valence-corrected chi connectivity index (χ4v) is 4.14. The van der Waals surface area contributed by atoms with Gasteiger partial charge in [-0.05, 0) is 12.5 Å². The third-order valence-corrected chi connectivity index (χ3v) is 5.42. The smallest absolute Gasteiger partial charge is 0.161 e. The summed E-state index contributed by atoms with van der Waals surface area (Å²) in [6, 6.07) is 18.7. The molecule has 0 spiro atoms. The molecule has 0 saturated heterocycles. The third-order valence-electron chi connectivity index (χ3n) is 4.34. The molecular weight excluding hydrogens is 340 g/mol. The van der Waals surface area contributed by atoms with Crippen LogP contribution in [0.5, 0.6) is 0 Å². The highest BCUT2D eigenvalue weighted by molar-refractivity contribution is 7.99. The second-order valence-corrected chi connectivity index (χ2v) is 7.45. The van der Waals surface area contributed by atoms with Crippen molar-refractivity contribution < 1.29 is 0 Å². The average molecular weight is 360 g/mol. The molecule has 1 aromatic heterocycles. The van der Waals surface area contributed by atoms with Crippen molar-refractivity contribution in [2.75, 3.05) is 19.8 Å². The Morgan fingerprint density at radius 3 is 2.58 bits per heavy atom. The molecule has 0 amide bonds. The molecule has 4 nitrogen and oxygen atoms in total. The molecule has 0 radical (unpaired) electrons. The van der Waals surface area contributed by atoms with Crippen molar-refractivity contribution >= 4 is 23.4 Å². The number of hydrogen-bond acceptors (Lipinski definition) is 4. The van der Waals surface area contributed by atoms with Gasteiger partial charge in [0.25, 0.3) is 0 Å². The number of nitrogens with zero attached hydrogens (tertiary/aromatic N) is 4. The molecule has 0 unspecified atom stereocenters. The van der Waals surface area contributed by atoms with Crippen molar-refractivity contribution in [3.05, 3.63) is 72.1 Å². The highest BCUT2D eigenvalue weighted by atomic mass is 32.2. The molecule has 130 valence electrons. The first kappa shape index (κ1) is 16.8. The van der Waals surface area contributed by atoms with E-state index in [1.165, 1.54) is 10.5 Å². The van der Waals surface area contributed by atoms with Crippen LogP contribution >= 0.6 is 11.8 Å². The van der Waals surface area contributed by atoms with Gasteiger partial charge in [0, 0.05) is 41.4 Å². The van der Waals surface area contributed by atoms with Gasteiger partial charge >= 0.3 is 0 Å². The summed E-state index contributed by atoms with van der Waals surface area (Å²) in [5, 5.41) is 0. The van der Waals surface area contributed by atoms with Crippen LogP contribution in [0.2, 0.25) is 0 Å². The topological polar surface area (TPSA) is 41.4 Å². The van der Waals surface area contributed by atoms with E-state index in [0.29, 0.717) is 0 Å². The molecule has 1 aliphatic heterocycles. The lowest BCUT2D eigenvalue weighted by Crippen LogP contribution is -2.23. The maximum atomic E-state index is 4.94. The van der Waals surface area contributed by atoms with E-state index in [1.807, 2.05) is 49.0 Å². The summed E-state index contributed by atoms with van der Waals surface area (Å²) in [6.45, 7) is 0. The normalized spacial score (nSPS) is 13.5. The van der Waals surface area contributed by atoms with Crippen molar-refractivity contribution in [2.45, 2.75) is 11.3 Å². The molecule has 26 heavy (non-hydrogen) atoms. The van der Waals surface area contributed by atoms with Crippen LogP contribution in [0.3, 0.4) is 0 Å². The minimum Gasteiger partial charge on any atom is -0.362 e. The van der Waals surface area contributed by atoms with Crippen LogP contribution in [0.4, 0.5) is 5.82 Å². The van der Waals surface area contributed by atoms with Gasteiger partial charge in [-0.2, -0.15) is 0 Å². The molecule has 0 saturated carbocycles. The fraction of sp³-hybridized carbons (Fsp3) is 0.190. The quantitative estimate of drug-likeness (QED) is 0.501. The standard InChI is InChI=1S/C21H20N4S/c1-25(2)21(15-8-4-3-5-9-15)24-20-17-12-13-26-18-11-7-6-10-16(18)19(17)22-14-23-20/h3-11,14H,12-13H2,1-2H3. The molecule has 5 heteroatoms. The molecule has 0 atom stereocenters. The summed E-state index contributed by atoms with van der Waals surface area (Å²) in [4.78, 5) is 17.4. The first-order chi connectivity index (χ1) is 12.7. The number of amidine groups is 1. The summed E-state index contributed by atoms with van der Waals surface area (Å²) in [7, 11) is 4.02. The predicted molar refractivity (Wildman–Crippen MR) is 108 cm³/mol. The van der Waals surface area contributed by atoms with E-state index in [4.69, 9.17) is 4.99 Å². The number of hydrogen-bond donors (Lipinski definition) is 0. The van der Waals surface area contributed by atoms with Crippen molar-refractivity contribution in [1.29, 1.82) is 0 Å². The molecule has 0 fully saturated rings. The summed E-state index contributed by atoms with van der Waals surface area (Å²) in [5.74, 6) is 2.67. The second-order valence-electron chi connectivity index (χ2n) is 6.31. The first-order valence-corrected chi connectivity index (χ1v) is 9.60. The summed E-state index contributed by atoms with van der Waals surface area (Å²) in [5.41, 5.74) is 4.38. The molecule has 0 bridgehead atoms.